The Balaban J connectivity index is 3.22. The Labute approximate surface area is 114 Å². The van der Waals surface area contributed by atoms with Crippen molar-refractivity contribution in [1.82, 2.24) is 4.98 Å². The number of alkyl halides is 3. The predicted octanol–water partition coefficient (Wildman–Crippen LogP) is 2.74. The van der Waals surface area contributed by atoms with Crippen molar-refractivity contribution in [3.05, 3.63) is 28.6 Å². The maximum absolute atomic E-state index is 12.6. The number of hydrogen-bond acceptors (Lipinski definition) is 4. The molecule has 0 fully saturated rings. The molecule has 0 amide bonds. The molecule has 0 unspecified atom stereocenters. The highest BCUT2D eigenvalue weighted by Crippen LogP contribution is 2.23. The Morgan fingerprint density at radius 2 is 2.32 bits per heavy atom. The van der Waals surface area contributed by atoms with Gasteiger partial charge in [-0.05, 0) is 18.6 Å². The fraction of sp³-hybridized carbons (Fsp3) is 0.417. The third-order valence-corrected chi connectivity index (χ3v) is 2.62. The zero-order valence-corrected chi connectivity index (χ0v) is 10.9. The molecule has 0 saturated carbocycles. The number of halogens is 3. The molecule has 0 spiro atoms. The van der Waals surface area contributed by atoms with Crippen LogP contribution in [0.25, 0.3) is 0 Å². The van der Waals surface area contributed by atoms with Gasteiger partial charge in [-0.25, -0.2) is 13.8 Å². The molecular weight excluding hydrogens is 278 g/mol. The van der Waals surface area contributed by atoms with Crippen LogP contribution in [0.15, 0.2) is 6.07 Å². The Morgan fingerprint density at radius 3 is 2.79 bits per heavy atom. The minimum atomic E-state index is -2.80. The monoisotopic (exact) mass is 288 g/mol. The Kier molecular flexibility index (Phi) is 5.64. The van der Waals surface area contributed by atoms with Crippen molar-refractivity contribution in [3.8, 4) is 6.07 Å². The molecule has 0 bridgehead atoms. The van der Waals surface area contributed by atoms with Gasteiger partial charge in [-0.3, -0.25) is 4.79 Å². The molecular formula is C12H11ClF2N2O2. The first kappa shape index (κ1) is 15.3. The third-order valence-electron chi connectivity index (χ3n) is 2.34. The summed E-state index contributed by atoms with van der Waals surface area (Å²) in [6.07, 6.45) is -3.01. The lowest BCUT2D eigenvalue weighted by atomic mass is 10.0. The molecule has 1 aromatic rings. The summed E-state index contributed by atoms with van der Waals surface area (Å²) < 4.78 is 30.0. The molecule has 0 aliphatic carbocycles. The van der Waals surface area contributed by atoms with E-state index in [1.54, 1.807) is 13.0 Å². The van der Waals surface area contributed by atoms with Crippen LogP contribution in [-0.4, -0.2) is 17.6 Å². The number of ether oxygens (including phenoxy) is 1. The van der Waals surface area contributed by atoms with Gasteiger partial charge in [0.15, 0.2) is 0 Å². The van der Waals surface area contributed by atoms with E-state index in [9.17, 15) is 13.6 Å². The highest BCUT2D eigenvalue weighted by atomic mass is 35.5. The summed E-state index contributed by atoms with van der Waals surface area (Å²) in [4.78, 5) is 15.0. The van der Waals surface area contributed by atoms with Crippen molar-refractivity contribution in [3.63, 3.8) is 0 Å². The van der Waals surface area contributed by atoms with Gasteiger partial charge in [-0.2, -0.15) is 5.26 Å². The smallest absolute Gasteiger partial charge is 0.310 e. The van der Waals surface area contributed by atoms with Gasteiger partial charge in [0.1, 0.15) is 17.5 Å². The minimum absolute atomic E-state index is 0.0916. The van der Waals surface area contributed by atoms with Gasteiger partial charge in [0.25, 0.3) is 6.43 Å². The second-order valence-electron chi connectivity index (χ2n) is 3.56. The fourth-order valence-electron chi connectivity index (χ4n) is 1.52. The van der Waals surface area contributed by atoms with Gasteiger partial charge in [0, 0.05) is 11.4 Å². The van der Waals surface area contributed by atoms with E-state index in [1.165, 1.54) is 0 Å². The van der Waals surface area contributed by atoms with Gasteiger partial charge < -0.3 is 4.74 Å². The lowest BCUT2D eigenvalue weighted by Crippen LogP contribution is -2.12. The zero-order chi connectivity index (χ0) is 14.4. The largest absolute Gasteiger partial charge is 0.466 e. The van der Waals surface area contributed by atoms with Crippen LogP contribution in [0.4, 0.5) is 8.78 Å². The average molecular weight is 289 g/mol. The van der Waals surface area contributed by atoms with Gasteiger partial charge >= 0.3 is 5.97 Å². The molecule has 0 saturated heterocycles. The van der Waals surface area contributed by atoms with Crippen LogP contribution >= 0.6 is 11.6 Å². The normalized spacial score (nSPS) is 10.3. The van der Waals surface area contributed by atoms with Crippen LogP contribution in [0.2, 0.25) is 0 Å². The lowest BCUT2D eigenvalue weighted by molar-refractivity contribution is -0.142. The highest BCUT2D eigenvalue weighted by Gasteiger charge is 2.19. The standard InChI is InChI=1S/C12H11ClF2N2O2/c1-2-19-11(18)4-8-7(5-13)3-9(12(14)15)17-10(8)6-16/h3,12H,2,4-5H2,1H3. The van der Waals surface area contributed by atoms with E-state index in [-0.39, 0.29) is 35.7 Å². The summed E-state index contributed by atoms with van der Waals surface area (Å²) in [5.41, 5.74) is -0.224. The third kappa shape index (κ3) is 3.86. The maximum Gasteiger partial charge on any atom is 0.310 e. The first-order valence-corrected chi connectivity index (χ1v) is 5.99. The Hall–Kier alpha value is -1.74. The molecule has 19 heavy (non-hydrogen) atoms. The molecule has 4 nitrogen and oxygen atoms in total. The SMILES string of the molecule is CCOC(=O)Cc1c(CCl)cc(C(F)F)nc1C#N. The molecule has 0 aliphatic rings. The number of carbonyl (C=O) groups is 1. The van der Waals surface area contributed by atoms with Gasteiger partial charge in [-0.15, -0.1) is 11.6 Å². The number of esters is 1. The number of aromatic nitrogens is 1. The molecule has 7 heteroatoms. The molecule has 102 valence electrons. The topological polar surface area (TPSA) is 63.0 Å². The fourth-order valence-corrected chi connectivity index (χ4v) is 1.76. The molecule has 0 aromatic carbocycles. The van der Waals surface area contributed by atoms with Crippen LogP contribution in [0, 0.1) is 11.3 Å². The molecule has 1 rings (SSSR count). The summed E-state index contributed by atoms with van der Waals surface area (Å²) in [6, 6.07) is 2.81. The molecule has 0 radical (unpaired) electrons. The summed E-state index contributed by atoms with van der Waals surface area (Å²) >= 11 is 5.66. The first-order valence-electron chi connectivity index (χ1n) is 5.46. The van der Waals surface area contributed by atoms with E-state index in [0.29, 0.717) is 0 Å². The summed E-state index contributed by atoms with van der Waals surface area (Å²) in [5.74, 6) is -0.650. The van der Waals surface area contributed by atoms with E-state index >= 15 is 0 Å². The molecule has 0 N–H and O–H groups in total. The van der Waals surface area contributed by atoms with Crippen molar-refractivity contribution in [2.45, 2.75) is 25.7 Å². The number of carbonyl (C=O) groups excluding carboxylic acids is 1. The quantitative estimate of drug-likeness (QED) is 0.617. The molecule has 1 heterocycles. The van der Waals surface area contributed by atoms with E-state index < -0.39 is 18.1 Å². The maximum atomic E-state index is 12.6. The lowest BCUT2D eigenvalue weighted by Gasteiger charge is -2.10. The molecule has 1 aromatic heterocycles. The first-order chi connectivity index (χ1) is 9.03. The number of nitrogens with zero attached hydrogens (tertiary/aromatic N) is 2. The number of rotatable bonds is 5. The van der Waals surface area contributed by atoms with Crippen molar-refractivity contribution < 1.29 is 18.3 Å². The predicted molar refractivity (Wildman–Crippen MR) is 63.8 cm³/mol. The van der Waals surface area contributed by atoms with Crippen LogP contribution in [0.1, 0.15) is 35.9 Å². The minimum Gasteiger partial charge on any atom is -0.466 e. The second kappa shape index (κ2) is 7.00. The average Bonchev–Trinajstić information content (AvgIpc) is 2.38. The van der Waals surface area contributed by atoms with E-state index in [2.05, 4.69) is 4.98 Å². The van der Waals surface area contributed by atoms with Crippen molar-refractivity contribution in [2.75, 3.05) is 6.61 Å². The van der Waals surface area contributed by atoms with Crippen molar-refractivity contribution in [1.29, 1.82) is 5.26 Å². The summed E-state index contributed by atoms with van der Waals surface area (Å²) in [7, 11) is 0. The molecule has 0 aliphatic heterocycles. The van der Waals surface area contributed by atoms with Crippen molar-refractivity contribution >= 4 is 17.6 Å². The number of hydrogen-bond donors (Lipinski definition) is 0. The number of nitriles is 1. The molecule has 0 atom stereocenters. The second-order valence-corrected chi connectivity index (χ2v) is 3.83. The van der Waals surface area contributed by atoms with Gasteiger partial charge in [0.05, 0.1) is 13.0 Å². The van der Waals surface area contributed by atoms with E-state index in [4.69, 9.17) is 21.6 Å². The summed E-state index contributed by atoms with van der Waals surface area (Å²) in [6.45, 7) is 1.84. The van der Waals surface area contributed by atoms with Crippen LogP contribution in [0.3, 0.4) is 0 Å². The Bertz CT molecular complexity index is 515. The van der Waals surface area contributed by atoms with E-state index in [1.807, 2.05) is 0 Å². The highest BCUT2D eigenvalue weighted by molar-refractivity contribution is 6.17. The van der Waals surface area contributed by atoms with Crippen LogP contribution in [0.5, 0.6) is 0 Å². The van der Waals surface area contributed by atoms with Gasteiger partial charge in [0.2, 0.25) is 0 Å². The Morgan fingerprint density at radius 1 is 1.63 bits per heavy atom. The zero-order valence-electron chi connectivity index (χ0n) is 10.1. The van der Waals surface area contributed by atoms with Crippen molar-refractivity contribution in [2.24, 2.45) is 0 Å². The van der Waals surface area contributed by atoms with E-state index in [0.717, 1.165) is 6.07 Å². The van der Waals surface area contributed by atoms with Crippen LogP contribution in [-0.2, 0) is 21.8 Å². The van der Waals surface area contributed by atoms with Crippen LogP contribution < -0.4 is 0 Å². The van der Waals surface area contributed by atoms with Gasteiger partial charge in [-0.1, -0.05) is 0 Å². The number of pyridine rings is 1. The summed E-state index contributed by atoms with van der Waals surface area (Å²) in [5, 5.41) is 8.93.